The Hall–Kier alpha value is -2.93. The average molecular weight is 341 g/mol. The fraction of sp³-hybridized carbons (Fsp3) is 0.278. The van der Waals surface area contributed by atoms with Gasteiger partial charge in [0.05, 0.1) is 37.0 Å². The van der Waals surface area contributed by atoms with Gasteiger partial charge in [-0.2, -0.15) is 0 Å². The first-order chi connectivity index (χ1) is 12.0. The maximum absolute atomic E-state index is 12.6. The highest BCUT2D eigenvalue weighted by Crippen LogP contribution is 2.27. The minimum Gasteiger partial charge on any atom is -0.466 e. The van der Waals surface area contributed by atoms with Gasteiger partial charge in [0.1, 0.15) is 5.70 Å². The molecule has 0 saturated carbocycles. The van der Waals surface area contributed by atoms with Crippen molar-refractivity contribution in [2.24, 2.45) is 0 Å². The number of nitrogens with zero attached hydrogens (tertiary/aromatic N) is 2. The maximum Gasteiger partial charge on any atom is 0.337 e. The van der Waals surface area contributed by atoms with Crippen LogP contribution in [0.5, 0.6) is 0 Å². The number of β-amino-alcohol motifs (C(OH)–C–C–N with tert-alkyl or cyclic N) is 1. The molecular weight excluding hydrogens is 322 g/mol. The summed E-state index contributed by atoms with van der Waals surface area (Å²) in [7, 11) is 1.27. The summed E-state index contributed by atoms with van der Waals surface area (Å²) in [5.41, 5.74) is 2.61. The standard InChI is InChI=1S/C18H19N3O4/c1-11-6-7-12-4-3-5-14(15(12)19-11)20-16-13(18(24)25-2)10-21(8-9-22)17(16)23/h3-7,20,22H,8-10H2,1-2H3. The summed E-state index contributed by atoms with van der Waals surface area (Å²) >= 11 is 0. The van der Waals surface area contributed by atoms with E-state index in [0.717, 1.165) is 11.1 Å². The number of benzene rings is 1. The number of amides is 1. The van der Waals surface area contributed by atoms with Crippen LogP contribution in [0.1, 0.15) is 5.69 Å². The minimum absolute atomic E-state index is 0.103. The van der Waals surface area contributed by atoms with E-state index in [9.17, 15) is 9.59 Å². The molecule has 0 saturated heterocycles. The van der Waals surface area contributed by atoms with Gasteiger partial charge < -0.3 is 20.1 Å². The fourth-order valence-electron chi connectivity index (χ4n) is 2.83. The molecule has 2 N–H and O–H groups in total. The summed E-state index contributed by atoms with van der Waals surface area (Å²) in [5.74, 6) is -0.917. The van der Waals surface area contributed by atoms with E-state index in [-0.39, 0.29) is 36.9 Å². The van der Waals surface area contributed by atoms with Crippen molar-refractivity contribution < 1.29 is 19.4 Å². The van der Waals surface area contributed by atoms with Crippen LogP contribution in [0.4, 0.5) is 5.69 Å². The number of aliphatic hydroxyl groups excluding tert-OH is 1. The number of ether oxygens (including phenoxy) is 1. The van der Waals surface area contributed by atoms with E-state index in [1.807, 2.05) is 31.2 Å². The predicted molar refractivity (Wildman–Crippen MR) is 92.8 cm³/mol. The SMILES string of the molecule is COC(=O)C1=C(Nc2cccc3ccc(C)nc23)C(=O)N(CCO)C1. The van der Waals surface area contributed by atoms with Gasteiger partial charge in [0.15, 0.2) is 0 Å². The summed E-state index contributed by atoms with van der Waals surface area (Å²) in [6.07, 6.45) is 0. The Kier molecular flexibility index (Phi) is 4.67. The van der Waals surface area contributed by atoms with E-state index >= 15 is 0 Å². The molecule has 0 spiro atoms. The average Bonchev–Trinajstić information content (AvgIpc) is 2.91. The second-order valence-corrected chi connectivity index (χ2v) is 5.75. The van der Waals surface area contributed by atoms with E-state index < -0.39 is 5.97 Å². The number of anilines is 1. The molecule has 7 nitrogen and oxygen atoms in total. The van der Waals surface area contributed by atoms with Crippen LogP contribution in [0.15, 0.2) is 41.6 Å². The number of hydrogen-bond acceptors (Lipinski definition) is 6. The van der Waals surface area contributed by atoms with Crippen LogP contribution in [0, 0.1) is 6.92 Å². The van der Waals surface area contributed by atoms with Gasteiger partial charge in [-0.3, -0.25) is 9.78 Å². The maximum atomic E-state index is 12.6. The molecule has 0 bridgehead atoms. The summed E-state index contributed by atoms with van der Waals surface area (Å²) in [6.45, 7) is 1.96. The molecule has 0 atom stereocenters. The van der Waals surface area contributed by atoms with Crippen molar-refractivity contribution in [1.82, 2.24) is 9.88 Å². The van der Waals surface area contributed by atoms with Crippen molar-refractivity contribution in [1.29, 1.82) is 0 Å². The number of hydrogen-bond donors (Lipinski definition) is 2. The van der Waals surface area contributed by atoms with Crippen LogP contribution in [0.25, 0.3) is 10.9 Å². The Labute approximate surface area is 144 Å². The van der Waals surface area contributed by atoms with Gasteiger partial charge >= 0.3 is 5.97 Å². The summed E-state index contributed by atoms with van der Waals surface area (Å²) in [6, 6.07) is 9.45. The summed E-state index contributed by atoms with van der Waals surface area (Å²) in [4.78, 5) is 30.6. The molecule has 2 aromatic rings. The molecule has 1 aromatic heterocycles. The van der Waals surface area contributed by atoms with Gasteiger partial charge in [-0.05, 0) is 19.1 Å². The van der Waals surface area contributed by atoms with Crippen molar-refractivity contribution in [3.63, 3.8) is 0 Å². The number of fused-ring (bicyclic) bond motifs is 1. The lowest BCUT2D eigenvalue weighted by molar-refractivity contribution is -0.136. The monoisotopic (exact) mass is 341 g/mol. The number of methoxy groups -OCH3 is 1. The van der Waals surface area contributed by atoms with E-state index in [1.165, 1.54) is 12.0 Å². The molecule has 1 amide bonds. The fourth-order valence-corrected chi connectivity index (χ4v) is 2.83. The van der Waals surface area contributed by atoms with E-state index in [2.05, 4.69) is 10.3 Å². The molecule has 130 valence electrons. The molecular formula is C18H19N3O4. The van der Waals surface area contributed by atoms with E-state index in [0.29, 0.717) is 11.2 Å². The lowest BCUT2D eigenvalue weighted by Crippen LogP contribution is -2.31. The number of aliphatic hydroxyl groups is 1. The highest BCUT2D eigenvalue weighted by Gasteiger charge is 2.34. The number of pyridine rings is 1. The van der Waals surface area contributed by atoms with Crippen LogP contribution in [0.2, 0.25) is 0 Å². The van der Waals surface area contributed by atoms with Gasteiger partial charge in [-0.25, -0.2) is 4.79 Å². The lowest BCUT2D eigenvalue weighted by atomic mass is 10.1. The molecule has 0 aliphatic carbocycles. The van der Waals surface area contributed by atoms with Gasteiger partial charge in [0.25, 0.3) is 5.91 Å². The number of rotatable bonds is 5. The Morgan fingerprint density at radius 2 is 2.16 bits per heavy atom. The Bertz CT molecular complexity index is 876. The zero-order valence-corrected chi connectivity index (χ0v) is 14.1. The first-order valence-electron chi connectivity index (χ1n) is 7.90. The second-order valence-electron chi connectivity index (χ2n) is 5.75. The summed E-state index contributed by atoms with van der Waals surface area (Å²) in [5, 5.41) is 13.1. The largest absolute Gasteiger partial charge is 0.466 e. The van der Waals surface area contributed by atoms with E-state index in [1.54, 1.807) is 6.07 Å². The third-order valence-corrected chi connectivity index (χ3v) is 4.07. The minimum atomic E-state index is -0.569. The molecule has 1 aromatic carbocycles. The Balaban J connectivity index is 2.03. The molecule has 1 aliphatic rings. The third-order valence-electron chi connectivity index (χ3n) is 4.07. The van der Waals surface area contributed by atoms with Crippen LogP contribution in [0.3, 0.4) is 0 Å². The van der Waals surface area contributed by atoms with Crippen LogP contribution in [-0.4, -0.2) is 53.7 Å². The van der Waals surface area contributed by atoms with Crippen LogP contribution in [-0.2, 0) is 14.3 Å². The zero-order chi connectivity index (χ0) is 18.0. The van der Waals surface area contributed by atoms with Gasteiger partial charge in [-0.1, -0.05) is 18.2 Å². The highest BCUT2D eigenvalue weighted by molar-refractivity contribution is 6.09. The number of aryl methyl sites for hydroxylation is 1. The lowest BCUT2D eigenvalue weighted by Gasteiger charge is -2.15. The number of carbonyl (C=O) groups excluding carboxylic acids is 2. The highest BCUT2D eigenvalue weighted by atomic mass is 16.5. The Morgan fingerprint density at radius 1 is 1.36 bits per heavy atom. The topological polar surface area (TPSA) is 91.8 Å². The quantitative estimate of drug-likeness (QED) is 0.795. The van der Waals surface area contributed by atoms with Gasteiger partial charge in [-0.15, -0.1) is 0 Å². The van der Waals surface area contributed by atoms with Crippen molar-refractivity contribution in [2.45, 2.75) is 6.92 Å². The van der Waals surface area contributed by atoms with Crippen LogP contribution >= 0.6 is 0 Å². The van der Waals surface area contributed by atoms with Gasteiger partial charge in [0.2, 0.25) is 0 Å². The summed E-state index contributed by atoms with van der Waals surface area (Å²) < 4.78 is 4.79. The first kappa shape index (κ1) is 16.9. The smallest absolute Gasteiger partial charge is 0.337 e. The molecule has 2 heterocycles. The van der Waals surface area contributed by atoms with Crippen molar-refractivity contribution in [2.75, 3.05) is 32.1 Å². The molecule has 25 heavy (non-hydrogen) atoms. The molecule has 3 rings (SSSR count). The molecule has 0 radical (unpaired) electrons. The third kappa shape index (κ3) is 3.18. The predicted octanol–water partition coefficient (Wildman–Crippen LogP) is 1.22. The number of para-hydroxylation sites is 1. The normalized spacial score (nSPS) is 14.4. The molecule has 1 aliphatic heterocycles. The zero-order valence-electron chi connectivity index (χ0n) is 14.1. The van der Waals surface area contributed by atoms with Crippen molar-refractivity contribution in [3.05, 3.63) is 47.3 Å². The number of carbonyl (C=O) groups is 2. The van der Waals surface area contributed by atoms with Gasteiger partial charge in [0, 0.05) is 17.6 Å². The molecule has 7 heteroatoms. The number of aromatic nitrogens is 1. The molecule has 0 fully saturated rings. The Morgan fingerprint density at radius 3 is 2.88 bits per heavy atom. The van der Waals surface area contributed by atoms with Crippen molar-refractivity contribution >= 4 is 28.5 Å². The molecule has 0 unspecified atom stereocenters. The van der Waals surface area contributed by atoms with Crippen LogP contribution < -0.4 is 5.32 Å². The number of esters is 1. The second kappa shape index (κ2) is 6.90. The number of nitrogens with one attached hydrogen (secondary N) is 1. The van der Waals surface area contributed by atoms with Crippen molar-refractivity contribution in [3.8, 4) is 0 Å². The first-order valence-corrected chi connectivity index (χ1v) is 7.90. The van der Waals surface area contributed by atoms with E-state index in [4.69, 9.17) is 9.84 Å².